The number of hydrogen-bond acceptors (Lipinski definition) is 3. The zero-order valence-corrected chi connectivity index (χ0v) is 13.1. The third-order valence-electron chi connectivity index (χ3n) is 3.97. The van der Waals surface area contributed by atoms with E-state index < -0.39 is 5.97 Å². The summed E-state index contributed by atoms with van der Waals surface area (Å²) in [6.07, 6.45) is 0.139. The lowest BCUT2D eigenvalue weighted by atomic mass is 9.86. The van der Waals surface area contributed by atoms with Crippen molar-refractivity contribution >= 4 is 5.97 Å². The van der Waals surface area contributed by atoms with Gasteiger partial charge in [0.25, 0.3) is 0 Å². The number of nitrogens with zero attached hydrogens (tertiary/aromatic N) is 1. The summed E-state index contributed by atoms with van der Waals surface area (Å²) >= 11 is 0. The van der Waals surface area contributed by atoms with E-state index in [9.17, 15) is 4.79 Å². The minimum absolute atomic E-state index is 0.0291. The highest BCUT2D eigenvalue weighted by Gasteiger charge is 2.25. The molecule has 0 radical (unpaired) electrons. The molecule has 116 valence electrons. The predicted octanol–water partition coefficient (Wildman–Crippen LogP) is 2.66. The summed E-state index contributed by atoms with van der Waals surface area (Å²) in [6, 6.07) is 8.60. The second-order valence-electron chi connectivity index (χ2n) is 6.74. The molecule has 0 aromatic heterocycles. The van der Waals surface area contributed by atoms with Crippen LogP contribution >= 0.6 is 0 Å². The van der Waals surface area contributed by atoms with Gasteiger partial charge in [0.15, 0.2) is 0 Å². The summed E-state index contributed by atoms with van der Waals surface area (Å²) < 4.78 is 5.41. The Kier molecular flexibility index (Phi) is 5.01. The molecule has 1 saturated heterocycles. The largest absolute Gasteiger partial charge is 0.481 e. The molecule has 21 heavy (non-hydrogen) atoms. The van der Waals surface area contributed by atoms with Crippen molar-refractivity contribution in [2.75, 3.05) is 19.8 Å². The Labute approximate surface area is 126 Å². The Bertz CT molecular complexity index is 476. The molecule has 0 saturated carbocycles. The molecule has 1 heterocycles. The Morgan fingerprint density at radius 1 is 1.33 bits per heavy atom. The first-order valence-electron chi connectivity index (χ1n) is 7.49. The fraction of sp³-hybridized carbons (Fsp3) is 0.588. The molecule has 1 aliphatic heterocycles. The Morgan fingerprint density at radius 2 is 2.00 bits per heavy atom. The highest BCUT2D eigenvalue weighted by atomic mass is 16.5. The molecule has 0 bridgehead atoms. The van der Waals surface area contributed by atoms with E-state index in [1.807, 2.05) is 0 Å². The summed E-state index contributed by atoms with van der Waals surface area (Å²) in [5.74, 6) is -0.765. The third kappa shape index (κ3) is 4.55. The number of ether oxygens (including phenoxy) is 1. The minimum Gasteiger partial charge on any atom is -0.481 e. The number of aliphatic carboxylic acids is 1. The second-order valence-corrected chi connectivity index (χ2v) is 6.74. The van der Waals surface area contributed by atoms with Crippen LogP contribution in [-0.4, -0.2) is 41.8 Å². The zero-order chi connectivity index (χ0) is 15.5. The van der Waals surface area contributed by atoms with Crippen LogP contribution in [0.2, 0.25) is 0 Å². The predicted molar refractivity (Wildman–Crippen MR) is 82.4 cm³/mol. The van der Waals surface area contributed by atoms with Gasteiger partial charge in [-0.2, -0.15) is 0 Å². The SMILES string of the molecule is CC(C)(C)c1ccc(CN2CCOCC2CC(=O)O)cc1. The van der Waals surface area contributed by atoms with Crippen molar-refractivity contribution in [3.05, 3.63) is 35.4 Å². The topological polar surface area (TPSA) is 49.8 Å². The van der Waals surface area contributed by atoms with Crippen LogP contribution in [0.4, 0.5) is 0 Å². The average Bonchev–Trinajstić information content (AvgIpc) is 2.40. The van der Waals surface area contributed by atoms with Gasteiger partial charge >= 0.3 is 5.97 Å². The number of morpholine rings is 1. The van der Waals surface area contributed by atoms with E-state index in [2.05, 4.69) is 49.9 Å². The summed E-state index contributed by atoms with van der Waals surface area (Å²) in [7, 11) is 0. The van der Waals surface area contributed by atoms with Gasteiger partial charge in [0.05, 0.1) is 19.6 Å². The molecular formula is C17H25NO3. The van der Waals surface area contributed by atoms with Crippen LogP contribution in [0.1, 0.15) is 38.3 Å². The van der Waals surface area contributed by atoms with Crippen molar-refractivity contribution in [3.8, 4) is 0 Å². The quantitative estimate of drug-likeness (QED) is 0.926. The number of benzene rings is 1. The lowest BCUT2D eigenvalue weighted by Gasteiger charge is -2.34. The maximum atomic E-state index is 10.9. The van der Waals surface area contributed by atoms with Gasteiger partial charge in [0.2, 0.25) is 0 Å². The maximum Gasteiger partial charge on any atom is 0.305 e. The van der Waals surface area contributed by atoms with Crippen molar-refractivity contribution < 1.29 is 14.6 Å². The number of carboxylic acid groups (broad SMARTS) is 1. The van der Waals surface area contributed by atoms with Gasteiger partial charge in [0.1, 0.15) is 0 Å². The number of hydrogen-bond donors (Lipinski definition) is 1. The van der Waals surface area contributed by atoms with Crippen molar-refractivity contribution in [2.45, 2.75) is 45.2 Å². The van der Waals surface area contributed by atoms with Crippen molar-refractivity contribution in [2.24, 2.45) is 0 Å². The first-order chi connectivity index (χ1) is 9.86. The highest BCUT2D eigenvalue weighted by molar-refractivity contribution is 5.67. The molecule has 0 spiro atoms. The Balaban J connectivity index is 2.03. The zero-order valence-electron chi connectivity index (χ0n) is 13.1. The highest BCUT2D eigenvalue weighted by Crippen LogP contribution is 2.23. The van der Waals surface area contributed by atoms with Crippen molar-refractivity contribution in [1.29, 1.82) is 0 Å². The van der Waals surface area contributed by atoms with Gasteiger partial charge in [-0.15, -0.1) is 0 Å². The van der Waals surface area contributed by atoms with Crippen LogP contribution in [0.15, 0.2) is 24.3 Å². The van der Waals surface area contributed by atoms with E-state index in [0.29, 0.717) is 13.2 Å². The molecular weight excluding hydrogens is 266 g/mol. The van der Waals surface area contributed by atoms with Gasteiger partial charge in [-0.25, -0.2) is 0 Å². The van der Waals surface area contributed by atoms with Gasteiger partial charge in [-0.1, -0.05) is 45.0 Å². The number of carbonyl (C=O) groups is 1. The first-order valence-corrected chi connectivity index (χ1v) is 7.49. The molecule has 1 aliphatic rings. The molecule has 4 heteroatoms. The normalized spacial score (nSPS) is 20.4. The van der Waals surface area contributed by atoms with Crippen LogP contribution in [-0.2, 0) is 21.5 Å². The third-order valence-corrected chi connectivity index (χ3v) is 3.97. The van der Waals surface area contributed by atoms with E-state index in [1.54, 1.807) is 0 Å². The van der Waals surface area contributed by atoms with Crippen molar-refractivity contribution in [1.82, 2.24) is 4.90 Å². The van der Waals surface area contributed by atoms with Crippen LogP contribution in [0, 0.1) is 0 Å². The second kappa shape index (κ2) is 6.58. The minimum atomic E-state index is -0.765. The number of rotatable bonds is 4. The molecule has 0 aliphatic carbocycles. The van der Waals surface area contributed by atoms with E-state index in [4.69, 9.17) is 9.84 Å². The first kappa shape index (κ1) is 16.0. The Hall–Kier alpha value is -1.39. The lowest BCUT2D eigenvalue weighted by molar-refractivity contribution is -0.140. The van der Waals surface area contributed by atoms with Gasteiger partial charge in [0, 0.05) is 19.1 Å². The van der Waals surface area contributed by atoms with E-state index in [0.717, 1.165) is 13.1 Å². The van der Waals surface area contributed by atoms with Crippen LogP contribution in [0.3, 0.4) is 0 Å². The molecule has 1 N–H and O–H groups in total. The van der Waals surface area contributed by atoms with Gasteiger partial charge < -0.3 is 9.84 Å². The van der Waals surface area contributed by atoms with Crippen LogP contribution < -0.4 is 0 Å². The molecule has 1 atom stereocenters. The number of carboxylic acids is 1. The molecule has 1 aromatic rings. The molecule has 2 rings (SSSR count). The van der Waals surface area contributed by atoms with Crippen molar-refractivity contribution in [3.63, 3.8) is 0 Å². The van der Waals surface area contributed by atoms with E-state index >= 15 is 0 Å². The average molecular weight is 291 g/mol. The van der Waals surface area contributed by atoms with Crippen LogP contribution in [0.5, 0.6) is 0 Å². The fourth-order valence-corrected chi connectivity index (χ4v) is 2.63. The summed E-state index contributed by atoms with van der Waals surface area (Å²) in [6.45, 7) is 9.36. The van der Waals surface area contributed by atoms with Crippen LogP contribution in [0.25, 0.3) is 0 Å². The smallest absolute Gasteiger partial charge is 0.305 e. The molecule has 1 fully saturated rings. The van der Waals surface area contributed by atoms with E-state index in [1.165, 1.54) is 11.1 Å². The lowest BCUT2D eigenvalue weighted by Crippen LogP contribution is -2.45. The summed E-state index contributed by atoms with van der Waals surface area (Å²) in [5, 5.41) is 8.99. The summed E-state index contributed by atoms with van der Waals surface area (Å²) in [4.78, 5) is 13.2. The maximum absolute atomic E-state index is 10.9. The standard InChI is InChI=1S/C17H25NO3/c1-17(2,3)14-6-4-13(5-7-14)11-18-8-9-21-12-15(18)10-16(19)20/h4-7,15H,8-12H2,1-3H3,(H,19,20). The summed E-state index contributed by atoms with van der Waals surface area (Å²) in [5.41, 5.74) is 2.69. The molecule has 0 amide bonds. The fourth-order valence-electron chi connectivity index (χ4n) is 2.63. The monoisotopic (exact) mass is 291 g/mol. The Morgan fingerprint density at radius 3 is 2.57 bits per heavy atom. The molecule has 1 aromatic carbocycles. The van der Waals surface area contributed by atoms with Gasteiger partial charge in [-0.3, -0.25) is 9.69 Å². The molecule has 4 nitrogen and oxygen atoms in total. The van der Waals surface area contributed by atoms with Gasteiger partial charge in [-0.05, 0) is 16.5 Å². The molecule has 1 unspecified atom stereocenters. The van der Waals surface area contributed by atoms with E-state index in [-0.39, 0.29) is 17.9 Å².